The van der Waals surface area contributed by atoms with E-state index in [0.29, 0.717) is 6.54 Å². The van der Waals surface area contributed by atoms with Crippen LogP contribution in [0, 0.1) is 0 Å². The van der Waals surface area contributed by atoms with Gasteiger partial charge < -0.3 is 10.5 Å². The molecule has 1 aliphatic heterocycles. The molecule has 2 rings (SSSR count). The molecule has 82 valence electrons. The van der Waals surface area contributed by atoms with E-state index in [1.807, 2.05) is 0 Å². The molecule has 15 heavy (non-hydrogen) atoms. The summed E-state index contributed by atoms with van der Waals surface area (Å²) in [6.07, 6.45) is 2.07. The second-order valence-corrected chi connectivity index (χ2v) is 5.02. The van der Waals surface area contributed by atoms with Gasteiger partial charge in [-0.3, -0.25) is 0 Å². The highest BCUT2D eigenvalue weighted by atomic mass is 79.9. The summed E-state index contributed by atoms with van der Waals surface area (Å²) in [5, 5.41) is 0. The predicted molar refractivity (Wildman–Crippen MR) is 64.9 cm³/mol. The normalized spacial score (nSPS) is 20.1. The van der Waals surface area contributed by atoms with Gasteiger partial charge in [0.25, 0.3) is 0 Å². The number of halogens is 1. The fourth-order valence-corrected chi connectivity index (χ4v) is 2.44. The van der Waals surface area contributed by atoms with E-state index >= 15 is 0 Å². The Morgan fingerprint density at radius 1 is 1.20 bits per heavy atom. The minimum absolute atomic E-state index is 0.138. The fourth-order valence-electron chi connectivity index (χ4n) is 2.18. The van der Waals surface area contributed by atoms with Crippen molar-refractivity contribution in [2.75, 3.05) is 19.8 Å². The number of hydrogen-bond donors (Lipinski definition) is 1. The summed E-state index contributed by atoms with van der Waals surface area (Å²) in [4.78, 5) is 0. The lowest BCUT2D eigenvalue weighted by Crippen LogP contribution is -2.40. The molecule has 0 spiro atoms. The Bertz CT molecular complexity index is 317. The zero-order chi connectivity index (χ0) is 10.7. The van der Waals surface area contributed by atoms with Crippen molar-refractivity contribution in [2.45, 2.75) is 18.3 Å². The Balaban J connectivity index is 2.28. The molecule has 0 atom stereocenters. The van der Waals surface area contributed by atoms with Crippen molar-refractivity contribution < 1.29 is 4.74 Å². The molecule has 0 aliphatic carbocycles. The van der Waals surface area contributed by atoms with E-state index in [-0.39, 0.29) is 5.41 Å². The maximum atomic E-state index is 5.94. The van der Waals surface area contributed by atoms with E-state index < -0.39 is 0 Å². The number of hydrogen-bond acceptors (Lipinski definition) is 2. The Morgan fingerprint density at radius 2 is 1.80 bits per heavy atom. The first kappa shape index (κ1) is 11.1. The Labute approximate surface area is 98.9 Å². The molecule has 0 saturated carbocycles. The summed E-state index contributed by atoms with van der Waals surface area (Å²) in [6.45, 7) is 2.36. The molecule has 0 unspecified atom stereocenters. The molecule has 0 aromatic heterocycles. The molecular weight excluding hydrogens is 254 g/mol. The van der Waals surface area contributed by atoms with Crippen LogP contribution in [-0.2, 0) is 10.2 Å². The van der Waals surface area contributed by atoms with E-state index in [2.05, 4.69) is 40.2 Å². The van der Waals surface area contributed by atoms with Gasteiger partial charge in [0.15, 0.2) is 0 Å². The maximum Gasteiger partial charge on any atom is 0.0475 e. The SMILES string of the molecule is NCC1(c2ccc(Br)cc2)CCOCC1. The average molecular weight is 270 g/mol. The van der Waals surface area contributed by atoms with Crippen LogP contribution in [0.15, 0.2) is 28.7 Å². The van der Waals surface area contributed by atoms with E-state index in [9.17, 15) is 0 Å². The van der Waals surface area contributed by atoms with Crippen LogP contribution in [0.5, 0.6) is 0 Å². The lowest BCUT2D eigenvalue weighted by molar-refractivity contribution is 0.0529. The molecule has 2 N–H and O–H groups in total. The van der Waals surface area contributed by atoms with Gasteiger partial charge in [-0.15, -0.1) is 0 Å². The Kier molecular flexibility index (Phi) is 3.44. The summed E-state index contributed by atoms with van der Waals surface area (Å²) < 4.78 is 6.52. The van der Waals surface area contributed by atoms with Gasteiger partial charge in [0.05, 0.1) is 0 Å². The van der Waals surface area contributed by atoms with Crippen LogP contribution in [0.1, 0.15) is 18.4 Å². The van der Waals surface area contributed by atoms with Gasteiger partial charge >= 0.3 is 0 Å². The molecule has 1 aromatic carbocycles. The fraction of sp³-hybridized carbons (Fsp3) is 0.500. The predicted octanol–water partition coefficient (Wildman–Crippen LogP) is 2.46. The largest absolute Gasteiger partial charge is 0.381 e. The van der Waals surface area contributed by atoms with Crippen molar-refractivity contribution in [2.24, 2.45) is 5.73 Å². The van der Waals surface area contributed by atoms with Gasteiger partial charge in [0, 0.05) is 29.6 Å². The lowest BCUT2D eigenvalue weighted by atomic mass is 9.74. The van der Waals surface area contributed by atoms with Crippen molar-refractivity contribution in [1.82, 2.24) is 0 Å². The first-order chi connectivity index (χ1) is 7.27. The maximum absolute atomic E-state index is 5.94. The van der Waals surface area contributed by atoms with Gasteiger partial charge in [0.1, 0.15) is 0 Å². The minimum atomic E-state index is 0.138. The second-order valence-electron chi connectivity index (χ2n) is 4.10. The molecular formula is C12H16BrNO. The van der Waals surface area contributed by atoms with Crippen molar-refractivity contribution >= 4 is 15.9 Å². The molecule has 1 aromatic rings. The van der Waals surface area contributed by atoms with Crippen LogP contribution in [0.2, 0.25) is 0 Å². The summed E-state index contributed by atoms with van der Waals surface area (Å²) in [5.74, 6) is 0. The number of rotatable bonds is 2. The van der Waals surface area contributed by atoms with Crippen LogP contribution in [-0.4, -0.2) is 19.8 Å². The van der Waals surface area contributed by atoms with Crippen LogP contribution in [0.25, 0.3) is 0 Å². The van der Waals surface area contributed by atoms with Crippen molar-refractivity contribution in [3.8, 4) is 0 Å². The van der Waals surface area contributed by atoms with Gasteiger partial charge in [-0.05, 0) is 30.5 Å². The molecule has 0 radical (unpaired) electrons. The van der Waals surface area contributed by atoms with E-state index in [4.69, 9.17) is 10.5 Å². The Hall–Kier alpha value is -0.380. The monoisotopic (exact) mass is 269 g/mol. The zero-order valence-corrected chi connectivity index (χ0v) is 10.3. The number of nitrogens with two attached hydrogens (primary N) is 1. The third kappa shape index (κ3) is 2.25. The van der Waals surface area contributed by atoms with Crippen molar-refractivity contribution in [3.05, 3.63) is 34.3 Å². The third-order valence-corrected chi connectivity index (χ3v) is 3.83. The van der Waals surface area contributed by atoms with Gasteiger partial charge in [0.2, 0.25) is 0 Å². The zero-order valence-electron chi connectivity index (χ0n) is 8.71. The quantitative estimate of drug-likeness (QED) is 0.896. The molecule has 0 amide bonds. The highest BCUT2D eigenvalue weighted by Crippen LogP contribution is 2.34. The highest BCUT2D eigenvalue weighted by Gasteiger charge is 2.32. The van der Waals surface area contributed by atoms with Crippen LogP contribution in [0.3, 0.4) is 0 Å². The lowest BCUT2D eigenvalue weighted by Gasteiger charge is -2.36. The molecule has 1 saturated heterocycles. The van der Waals surface area contributed by atoms with Crippen LogP contribution >= 0.6 is 15.9 Å². The molecule has 1 aliphatic rings. The minimum Gasteiger partial charge on any atom is -0.381 e. The second kappa shape index (κ2) is 4.64. The van der Waals surface area contributed by atoms with Crippen LogP contribution < -0.4 is 5.73 Å². The van der Waals surface area contributed by atoms with E-state index in [1.54, 1.807) is 0 Å². The summed E-state index contributed by atoms with van der Waals surface area (Å²) >= 11 is 3.45. The van der Waals surface area contributed by atoms with Gasteiger partial charge in [-0.1, -0.05) is 28.1 Å². The molecule has 3 heteroatoms. The first-order valence-electron chi connectivity index (χ1n) is 5.31. The van der Waals surface area contributed by atoms with Crippen molar-refractivity contribution in [1.29, 1.82) is 0 Å². The topological polar surface area (TPSA) is 35.2 Å². The van der Waals surface area contributed by atoms with E-state index in [1.165, 1.54) is 5.56 Å². The summed E-state index contributed by atoms with van der Waals surface area (Å²) in [5.41, 5.74) is 7.42. The molecule has 1 fully saturated rings. The average Bonchev–Trinajstić information content (AvgIpc) is 2.31. The summed E-state index contributed by atoms with van der Waals surface area (Å²) in [7, 11) is 0. The van der Waals surface area contributed by atoms with Gasteiger partial charge in [-0.25, -0.2) is 0 Å². The number of benzene rings is 1. The van der Waals surface area contributed by atoms with E-state index in [0.717, 1.165) is 30.5 Å². The standard InChI is InChI=1S/C12H16BrNO/c13-11-3-1-10(2-4-11)12(9-14)5-7-15-8-6-12/h1-4H,5-9,14H2. The van der Waals surface area contributed by atoms with Crippen molar-refractivity contribution in [3.63, 3.8) is 0 Å². The molecule has 0 bridgehead atoms. The van der Waals surface area contributed by atoms with Gasteiger partial charge in [-0.2, -0.15) is 0 Å². The number of ether oxygens (including phenoxy) is 1. The third-order valence-electron chi connectivity index (χ3n) is 3.30. The highest BCUT2D eigenvalue weighted by molar-refractivity contribution is 9.10. The Morgan fingerprint density at radius 3 is 2.33 bits per heavy atom. The van der Waals surface area contributed by atoms with Crippen LogP contribution in [0.4, 0.5) is 0 Å². The first-order valence-corrected chi connectivity index (χ1v) is 6.10. The molecule has 1 heterocycles. The summed E-state index contributed by atoms with van der Waals surface area (Å²) in [6, 6.07) is 8.51. The molecule has 2 nitrogen and oxygen atoms in total. The smallest absolute Gasteiger partial charge is 0.0475 e.